The Morgan fingerprint density at radius 3 is 2.54 bits per heavy atom. The van der Waals surface area contributed by atoms with Gasteiger partial charge in [0.15, 0.2) is 0 Å². The Bertz CT molecular complexity index is 920. The van der Waals surface area contributed by atoms with Gasteiger partial charge in [-0.05, 0) is 43.3 Å². The van der Waals surface area contributed by atoms with Gasteiger partial charge in [0.05, 0.1) is 18.2 Å². The van der Waals surface area contributed by atoms with Crippen molar-refractivity contribution in [3.05, 3.63) is 71.3 Å². The molecule has 0 saturated heterocycles. The first-order chi connectivity index (χ1) is 12.5. The molecule has 1 heterocycles. The first-order valence-electron chi connectivity index (χ1n) is 7.90. The molecule has 3 rings (SSSR count). The molecule has 0 aliphatic rings. The number of benzene rings is 2. The van der Waals surface area contributed by atoms with Crippen molar-refractivity contribution in [2.24, 2.45) is 0 Å². The molecule has 0 aliphatic heterocycles. The lowest BCUT2D eigenvalue weighted by molar-refractivity contribution is -0.0159. The van der Waals surface area contributed by atoms with Gasteiger partial charge in [0.25, 0.3) is 0 Å². The molecule has 1 unspecified atom stereocenters. The topological polar surface area (TPSA) is 73.0 Å². The van der Waals surface area contributed by atoms with Crippen LogP contribution >= 0.6 is 11.6 Å². The standard InChI is InChI=1S/C19H17ClN4O2/c1-19(25-2,11-24-13-22-12-23-24)18-8-7-17(9-14(18)10-21)26-16-5-3-15(20)4-6-16/h3-9,12-13H,11H2,1-2H3. The zero-order valence-corrected chi connectivity index (χ0v) is 15.1. The van der Waals surface area contributed by atoms with Gasteiger partial charge in [-0.3, -0.25) is 0 Å². The third kappa shape index (κ3) is 3.85. The fourth-order valence-corrected chi connectivity index (χ4v) is 2.79. The fraction of sp³-hybridized carbons (Fsp3) is 0.211. The Labute approximate surface area is 156 Å². The Hall–Kier alpha value is -2.88. The minimum absolute atomic E-state index is 0.426. The van der Waals surface area contributed by atoms with E-state index in [1.807, 2.05) is 19.1 Å². The third-order valence-electron chi connectivity index (χ3n) is 4.11. The number of hydrogen-bond donors (Lipinski definition) is 0. The molecule has 6 nitrogen and oxygen atoms in total. The van der Waals surface area contributed by atoms with E-state index in [0.717, 1.165) is 5.56 Å². The van der Waals surface area contributed by atoms with Gasteiger partial charge in [-0.1, -0.05) is 17.7 Å². The molecule has 0 radical (unpaired) electrons. The summed E-state index contributed by atoms with van der Waals surface area (Å²) in [5, 5.41) is 14.4. The van der Waals surface area contributed by atoms with Crippen molar-refractivity contribution in [2.75, 3.05) is 7.11 Å². The van der Waals surface area contributed by atoms with E-state index in [4.69, 9.17) is 21.1 Å². The second-order valence-corrected chi connectivity index (χ2v) is 6.34. The number of methoxy groups -OCH3 is 1. The molecule has 3 aromatic rings. The first-order valence-corrected chi connectivity index (χ1v) is 8.27. The SMILES string of the molecule is COC(C)(Cn1cncn1)c1ccc(Oc2ccc(Cl)cc2)cc1C#N. The average molecular weight is 369 g/mol. The maximum absolute atomic E-state index is 9.62. The van der Waals surface area contributed by atoms with E-state index in [-0.39, 0.29) is 0 Å². The Morgan fingerprint density at radius 1 is 1.19 bits per heavy atom. The normalized spacial score (nSPS) is 13.0. The summed E-state index contributed by atoms with van der Waals surface area (Å²) in [6, 6.07) is 14.6. The highest BCUT2D eigenvalue weighted by molar-refractivity contribution is 6.30. The predicted octanol–water partition coefficient (Wildman–Crippen LogP) is 4.16. The van der Waals surface area contributed by atoms with E-state index in [9.17, 15) is 5.26 Å². The van der Waals surface area contributed by atoms with E-state index >= 15 is 0 Å². The summed E-state index contributed by atoms with van der Waals surface area (Å²) >= 11 is 5.88. The van der Waals surface area contributed by atoms with Crippen LogP contribution < -0.4 is 4.74 Å². The lowest BCUT2D eigenvalue weighted by Crippen LogP contribution is -2.31. The van der Waals surface area contributed by atoms with Crippen molar-refractivity contribution in [3.63, 3.8) is 0 Å². The van der Waals surface area contributed by atoms with Crippen LogP contribution in [0.3, 0.4) is 0 Å². The molecule has 0 spiro atoms. The van der Waals surface area contributed by atoms with Gasteiger partial charge in [0.1, 0.15) is 29.8 Å². The molecule has 0 saturated carbocycles. The van der Waals surface area contributed by atoms with Crippen LogP contribution in [0.15, 0.2) is 55.1 Å². The summed E-state index contributed by atoms with van der Waals surface area (Å²) in [7, 11) is 1.61. The summed E-state index contributed by atoms with van der Waals surface area (Å²) in [4.78, 5) is 3.95. The van der Waals surface area contributed by atoms with Crippen molar-refractivity contribution in [2.45, 2.75) is 19.1 Å². The summed E-state index contributed by atoms with van der Waals surface area (Å²) in [6.45, 7) is 2.33. The summed E-state index contributed by atoms with van der Waals surface area (Å²) in [6.07, 6.45) is 3.08. The Balaban J connectivity index is 1.90. The molecule has 0 N–H and O–H groups in total. The predicted molar refractivity (Wildman–Crippen MR) is 97.1 cm³/mol. The van der Waals surface area contributed by atoms with Crippen LogP contribution in [0.1, 0.15) is 18.1 Å². The summed E-state index contributed by atoms with van der Waals surface area (Å²) in [5.41, 5.74) is 0.486. The third-order valence-corrected chi connectivity index (χ3v) is 4.36. The van der Waals surface area contributed by atoms with Gasteiger partial charge >= 0.3 is 0 Å². The second-order valence-electron chi connectivity index (χ2n) is 5.90. The van der Waals surface area contributed by atoms with Gasteiger partial charge in [-0.25, -0.2) is 9.67 Å². The van der Waals surface area contributed by atoms with Crippen molar-refractivity contribution in [1.82, 2.24) is 14.8 Å². The number of hydrogen-bond acceptors (Lipinski definition) is 5. The Morgan fingerprint density at radius 2 is 1.92 bits per heavy atom. The minimum Gasteiger partial charge on any atom is -0.457 e. The number of nitrogens with zero attached hydrogens (tertiary/aromatic N) is 4. The van der Waals surface area contributed by atoms with Gasteiger partial charge < -0.3 is 9.47 Å². The van der Waals surface area contributed by atoms with Gasteiger partial charge in [-0.2, -0.15) is 10.4 Å². The van der Waals surface area contributed by atoms with E-state index in [1.165, 1.54) is 6.33 Å². The highest BCUT2D eigenvalue weighted by atomic mass is 35.5. The summed E-state index contributed by atoms with van der Waals surface area (Å²) < 4.78 is 13.2. The quantitative estimate of drug-likeness (QED) is 0.653. The van der Waals surface area contributed by atoms with Crippen molar-refractivity contribution in [3.8, 4) is 17.6 Å². The van der Waals surface area contributed by atoms with Crippen LogP contribution in [0, 0.1) is 11.3 Å². The van der Waals surface area contributed by atoms with Gasteiger partial charge in [-0.15, -0.1) is 0 Å². The van der Waals surface area contributed by atoms with Gasteiger partial charge in [0, 0.05) is 17.7 Å². The van der Waals surface area contributed by atoms with Crippen LogP contribution in [0.5, 0.6) is 11.5 Å². The largest absolute Gasteiger partial charge is 0.457 e. The zero-order chi connectivity index (χ0) is 18.6. The molecular weight excluding hydrogens is 352 g/mol. The molecule has 0 aliphatic carbocycles. The van der Waals surface area contributed by atoms with Crippen LogP contribution in [-0.4, -0.2) is 21.9 Å². The smallest absolute Gasteiger partial charge is 0.137 e. The van der Waals surface area contributed by atoms with Crippen LogP contribution in [-0.2, 0) is 16.9 Å². The van der Waals surface area contributed by atoms with Gasteiger partial charge in [0.2, 0.25) is 0 Å². The van der Waals surface area contributed by atoms with Crippen LogP contribution in [0.4, 0.5) is 0 Å². The van der Waals surface area contributed by atoms with Crippen molar-refractivity contribution >= 4 is 11.6 Å². The van der Waals surface area contributed by atoms with E-state index in [2.05, 4.69) is 16.2 Å². The minimum atomic E-state index is -0.739. The second kappa shape index (κ2) is 7.56. The fourth-order valence-electron chi connectivity index (χ4n) is 2.66. The Kier molecular flexibility index (Phi) is 5.21. The molecule has 2 aromatic carbocycles. The maximum Gasteiger partial charge on any atom is 0.137 e. The number of rotatable bonds is 6. The van der Waals surface area contributed by atoms with Crippen LogP contribution in [0.25, 0.3) is 0 Å². The molecule has 7 heteroatoms. The van der Waals surface area contributed by atoms with E-state index < -0.39 is 5.60 Å². The lowest BCUT2D eigenvalue weighted by atomic mass is 9.91. The average Bonchev–Trinajstić information content (AvgIpc) is 3.16. The molecule has 0 bridgehead atoms. The monoisotopic (exact) mass is 368 g/mol. The van der Waals surface area contributed by atoms with E-state index in [0.29, 0.717) is 28.6 Å². The number of nitriles is 1. The summed E-state index contributed by atoms with van der Waals surface area (Å²) in [5.74, 6) is 1.20. The molecule has 0 fully saturated rings. The molecule has 132 valence electrons. The number of ether oxygens (including phenoxy) is 2. The number of aromatic nitrogens is 3. The molecule has 0 amide bonds. The molecule has 1 aromatic heterocycles. The lowest BCUT2D eigenvalue weighted by Gasteiger charge is -2.29. The molecule has 26 heavy (non-hydrogen) atoms. The number of halogens is 1. The highest BCUT2D eigenvalue weighted by Crippen LogP contribution is 2.33. The molecular formula is C19H17ClN4O2. The van der Waals surface area contributed by atoms with E-state index in [1.54, 1.807) is 48.5 Å². The maximum atomic E-state index is 9.62. The zero-order valence-electron chi connectivity index (χ0n) is 14.4. The van der Waals surface area contributed by atoms with Crippen LogP contribution in [0.2, 0.25) is 5.02 Å². The van der Waals surface area contributed by atoms with Crippen molar-refractivity contribution < 1.29 is 9.47 Å². The van der Waals surface area contributed by atoms with Crippen molar-refractivity contribution in [1.29, 1.82) is 5.26 Å². The highest BCUT2D eigenvalue weighted by Gasteiger charge is 2.30. The first kappa shape index (κ1) is 17.9. The molecule has 1 atom stereocenters.